The van der Waals surface area contributed by atoms with Crippen LogP contribution in [0.15, 0.2) is 24.3 Å². The van der Waals surface area contributed by atoms with Crippen LogP contribution in [0.2, 0.25) is 0 Å². The average Bonchev–Trinajstić information content (AvgIpc) is 2.44. The SMILES string of the molecule is CC(C)(C#N)CNC(=O)C1CNCc2ccccc21. The van der Waals surface area contributed by atoms with Crippen molar-refractivity contribution in [3.8, 4) is 6.07 Å². The van der Waals surface area contributed by atoms with Gasteiger partial charge in [0.25, 0.3) is 0 Å². The average molecular weight is 257 g/mol. The van der Waals surface area contributed by atoms with E-state index >= 15 is 0 Å². The van der Waals surface area contributed by atoms with E-state index in [1.54, 1.807) is 0 Å². The Bertz CT molecular complexity index is 516. The molecule has 0 bridgehead atoms. The second-order valence-electron chi connectivity index (χ2n) is 5.60. The predicted octanol–water partition coefficient (Wildman–Crippen LogP) is 1.54. The van der Waals surface area contributed by atoms with Crippen LogP contribution in [0.4, 0.5) is 0 Å². The standard InChI is InChI=1S/C15H19N3O/c1-15(2,9-16)10-18-14(19)13-8-17-7-11-5-3-4-6-12(11)13/h3-6,13,17H,7-8,10H2,1-2H3,(H,18,19). The van der Waals surface area contributed by atoms with Gasteiger partial charge in [-0.1, -0.05) is 24.3 Å². The molecule has 0 saturated heterocycles. The van der Waals surface area contributed by atoms with E-state index < -0.39 is 5.41 Å². The van der Waals surface area contributed by atoms with Crippen molar-refractivity contribution in [3.05, 3.63) is 35.4 Å². The Labute approximate surface area is 113 Å². The van der Waals surface area contributed by atoms with Crippen LogP contribution in [0.25, 0.3) is 0 Å². The van der Waals surface area contributed by atoms with E-state index in [4.69, 9.17) is 5.26 Å². The third kappa shape index (κ3) is 3.12. The van der Waals surface area contributed by atoms with Crippen molar-refractivity contribution < 1.29 is 4.79 Å². The lowest BCUT2D eigenvalue weighted by Crippen LogP contribution is -2.41. The maximum atomic E-state index is 12.3. The van der Waals surface area contributed by atoms with Gasteiger partial charge in [0.15, 0.2) is 0 Å². The van der Waals surface area contributed by atoms with Crippen molar-refractivity contribution in [2.75, 3.05) is 13.1 Å². The molecule has 1 unspecified atom stereocenters. The lowest BCUT2D eigenvalue weighted by molar-refractivity contribution is -0.122. The smallest absolute Gasteiger partial charge is 0.228 e. The van der Waals surface area contributed by atoms with Crippen LogP contribution in [0, 0.1) is 16.7 Å². The summed E-state index contributed by atoms with van der Waals surface area (Å²) in [6, 6.07) is 10.2. The molecule has 1 aliphatic heterocycles. The normalized spacial score (nSPS) is 18.3. The number of nitriles is 1. The molecule has 0 aliphatic carbocycles. The minimum Gasteiger partial charge on any atom is -0.354 e. The number of benzene rings is 1. The quantitative estimate of drug-likeness (QED) is 0.863. The van der Waals surface area contributed by atoms with Gasteiger partial charge in [0, 0.05) is 19.6 Å². The van der Waals surface area contributed by atoms with Gasteiger partial charge in [0.05, 0.1) is 17.4 Å². The van der Waals surface area contributed by atoms with E-state index in [2.05, 4.69) is 16.7 Å². The number of hydrogen-bond acceptors (Lipinski definition) is 3. The molecule has 4 nitrogen and oxygen atoms in total. The molecule has 1 atom stereocenters. The van der Waals surface area contributed by atoms with Crippen molar-refractivity contribution >= 4 is 5.91 Å². The third-order valence-corrected chi connectivity index (χ3v) is 3.42. The summed E-state index contributed by atoms with van der Waals surface area (Å²) < 4.78 is 0. The monoisotopic (exact) mass is 257 g/mol. The number of carbonyl (C=O) groups excluding carboxylic acids is 1. The highest BCUT2D eigenvalue weighted by molar-refractivity contribution is 5.84. The van der Waals surface area contributed by atoms with E-state index in [0.717, 1.165) is 12.1 Å². The fourth-order valence-corrected chi connectivity index (χ4v) is 2.20. The number of rotatable bonds is 3. The fourth-order valence-electron chi connectivity index (χ4n) is 2.20. The van der Waals surface area contributed by atoms with Crippen molar-refractivity contribution in [2.45, 2.75) is 26.3 Å². The van der Waals surface area contributed by atoms with E-state index in [-0.39, 0.29) is 11.8 Å². The fraction of sp³-hybridized carbons (Fsp3) is 0.467. The molecule has 1 aliphatic rings. The molecule has 19 heavy (non-hydrogen) atoms. The van der Waals surface area contributed by atoms with Crippen molar-refractivity contribution in [1.29, 1.82) is 5.26 Å². The molecule has 1 aromatic carbocycles. The first-order valence-electron chi connectivity index (χ1n) is 6.51. The summed E-state index contributed by atoms with van der Waals surface area (Å²) in [5, 5.41) is 15.1. The largest absolute Gasteiger partial charge is 0.354 e. The van der Waals surface area contributed by atoms with E-state index in [0.29, 0.717) is 13.1 Å². The molecule has 1 amide bonds. The molecular weight excluding hydrogens is 238 g/mol. The van der Waals surface area contributed by atoms with E-state index in [1.165, 1.54) is 5.56 Å². The van der Waals surface area contributed by atoms with Crippen LogP contribution in [-0.2, 0) is 11.3 Å². The zero-order chi connectivity index (χ0) is 13.9. The van der Waals surface area contributed by atoms with Gasteiger partial charge in [-0.25, -0.2) is 0 Å². The van der Waals surface area contributed by atoms with E-state index in [1.807, 2.05) is 38.1 Å². The van der Waals surface area contributed by atoms with Crippen LogP contribution in [0.5, 0.6) is 0 Å². The molecule has 0 aromatic heterocycles. The van der Waals surface area contributed by atoms with Gasteiger partial charge >= 0.3 is 0 Å². The maximum Gasteiger partial charge on any atom is 0.228 e. The Morgan fingerprint density at radius 2 is 2.26 bits per heavy atom. The first kappa shape index (κ1) is 13.6. The first-order valence-corrected chi connectivity index (χ1v) is 6.51. The topological polar surface area (TPSA) is 64.9 Å². The Balaban J connectivity index is 2.08. The first-order chi connectivity index (χ1) is 9.03. The van der Waals surface area contributed by atoms with Crippen LogP contribution < -0.4 is 10.6 Å². The second-order valence-corrected chi connectivity index (χ2v) is 5.60. The van der Waals surface area contributed by atoms with E-state index in [9.17, 15) is 4.79 Å². The second kappa shape index (κ2) is 5.41. The number of hydrogen-bond donors (Lipinski definition) is 2. The molecule has 2 N–H and O–H groups in total. The molecule has 2 rings (SSSR count). The highest BCUT2D eigenvalue weighted by atomic mass is 16.1. The number of nitrogens with zero attached hydrogens (tertiary/aromatic N) is 1. The predicted molar refractivity (Wildman–Crippen MR) is 73.3 cm³/mol. The van der Waals surface area contributed by atoms with Crippen LogP contribution in [0.3, 0.4) is 0 Å². The van der Waals surface area contributed by atoms with Gasteiger partial charge in [-0.15, -0.1) is 0 Å². The molecule has 4 heteroatoms. The highest BCUT2D eigenvalue weighted by Crippen LogP contribution is 2.24. The summed E-state index contributed by atoms with van der Waals surface area (Å²) in [5.74, 6) is -0.178. The zero-order valence-electron chi connectivity index (χ0n) is 11.4. The summed E-state index contributed by atoms with van der Waals surface area (Å²) in [6.07, 6.45) is 0. The number of nitrogens with one attached hydrogen (secondary N) is 2. The molecule has 0 saturated carbocycles. The lowest BCUT2D eigenvalue weighted by Gasteiger charge is -2.26. The van der Waals surface area contributed by atoms with Gasteiger partial charge in [-0.05, 0) is 25.0 Å². The Kier molecular flexibility index (Phi) is 3.87. The Morgan fingerprint density at radius 3 is 3.00 bits per heavy atom. The summed E-state index contributed by atoms with van der Waals surface area (Å²) in [5.41, 5.74) is 1.74. The molecular formula is C15H19N3O. The molecule has 100 valence electrons. The molecule has 1 aromatic rings. The molecule has 1 heterocycles. The summed E-state index contributed by atoms with van der Waals surface area (Å²) in [7, 11) is 0. The molecule has 0 radical (unpaired) electrons. The lowest BCUT2D eigenvalue weighted by atomic mass is 9.89. The maximum absolute atomic E-state index is 12.3. The van der Waals surface area contributed by atoms with Gasteiger partial charge in [-0.3, -0.25) is 4.79 Å². The van der Waals surface area contributed by atoms with Crippen LogP contribution in [0.1, 0.15) is 30.9 Å². The van der Waals surface area contributed by atoms with Crippen molar-refractivity contribution in [3.63, 3.8) is 0 Å². The summed E-state index contributed by atoms with van der Waals surface area (Å²) in [6.45, 7) is 5.47. The number of amides is 1. The minimum absolute atomic E-state index is 0.0111. The molecule has 0 fully saturated rings. The van der Waals surface area contributed by atoms with Gasteiger partial charge in [0.2, 0.25) is 5.91 Å². The number of fused-ring (bicyclic) bond motifs is 1. The van der Waals surface area contributed by atoms with Crippen molar-refractivity contribution in [2.24, 2.45) is 5.41 Å². The van der Waals surface area contributed by atoms with Gasteiger partial charge in [-0.2, -0.15) is 5.26 Å². The minimum atomic E-state index is -0.530. The van der Waals surface area contributed by atoms with Crippen molar-refractivity contribution in [1.82, 2.24) is 10.6 Å². The molecule has 0 spiro atoms. The summed E-state index contributed by atoms with van der Waals surface area (Å²) in [4.78, 5) is 12.3. The Morgan fingerprint density at radius 1 is 1.53 bits per heavy atom. The van der Waals surface area contributed by atoms with Gasteiger partial charge in [0.1, 0.15) is 0 Å². The Hall–Kier alpha value is -1.86. The van der Waals surface area contributed by atoms with Crippen LogP contribution >= 0.6 is 0 Å². The zero-order valence-corrected chi connectivity index (χ0v) is 11.4. The van der Waals surface area contributed by atoms with Gasteiger partial charge < -0.3 is 10.6 Å². The third-order valence-electron chi connectivity index (χ3n) is 3.42. The summed E-state index contributed by atoms with van der Waals surface area (Å²) >= 11 is 0. The number of carbonyl (C=O) groups is 1. The van der Waals surface area contributed by atoms with Crippen LogP contribution in [-0.4, -0.2) is 19.0 Å². The highest BCUT2D eigenvalue weighted by Gasteiger charge is 2.27.